The molecule has 10 heteroatoms. The molecule has 1 amide bonds. The third kappa shape index (κ3) is 3.21. The van der Waals surface area contributed by atoms with Crippen molar-refractivity contribution in [1.29, 1.82) is 0 Å². The van der Waals surface area contributed by atoms with E-state index >= 15 is 0 Å². The SMILES string of the molecule is Cc1cnc2c(C(=O)NC3(c4ccc(C(F)(F)F)nc4)COCC3(C)O)ccn2c1. The number of nitrogens with zero attached hydrogens (tertiary/aromatic N) is 3. The van der Waals surface area contributed by atoms with Gasteiger partial charge in [0.25, 0.3) is 5.91 Å². The fraction of sp³-hybridized carbons (Fsp3) is 0.350. The number of ether oxygens (including phenoxy) is 1. The maximum absolute atomic E-state index is 13.1. The van der Waals surface area contributed by atoms with E-state index in [1.807, 2.05) is 13.1 Å². The van der Waals surface area contributed by atoms with E-state index in [1.165, 1.54) is 13.0 Å². The van der Waals surface area contributed by atoms with E-state index in [2.05, 4.69) is 15.3 Å². The molecule has 0 spiro atoms. The Hall–Kier alpha value is -2.98. The molecule has 30 heavy (non-hydrogen) atoms. The Morgan fingerprint density at radius 2 is 2.00 bits per heavy atom. The fourth-order valence-electron chi connectivity index (χ4n) is 3.67. The topological polar surface area (TPSA) is 88.8 Å². The molecule has 1 fully saturated rings. The number of carbonyl (C=O) groups excluding carboxylic acids is 1. The number of hydrogen-bond acceptors (Lipinski definition) is 5. The molecule has 7 nitrogen and oxygen atoms in total. The van der Waals surface area contributed by atoms with Crippen LogP contribution in [0, 0.1) is 6.92 Å². The van der Waals surface area contributed by atoms with E-state index in [-0.39, 0.29) is 24.3 Å². The third-order valence-corrected chi connectivity index (χ3v) is 5.36. The smallest absolute Gasteiger partial charge is 0.385 e. The molecular formula is C20H19F3N4O3. The van der Waals surface area contributed by atoms with Gasteiger partial charge in [0, 0.05) is 30.4 Å². The van der Waals surface area contributed by atoms with Crippen LogP contribution in [0.3, 0.4) is 0 Å². The van der Waals surface area contributed by atoms with Crippen molar-refractivity contribution in [2.45, 2.75) is 31.2 Å². The Morgan fingerprint density at radius 3 is 2.60 bits per heavy atom. The van der Waals surface area contributed by atoms with Crippen molar-refractivity contribution < 1.29 is 27.8 Å². The zero-order chi connectivity index (χ0) is 21.7. The lowest BCUT2D eigenvalue weighted by molar-refractivity contribution is -0.141. The summed E-state index contributed by atoms with van der Waals surface area (Å²) in [4.78, 5) is 20.9. The number of alkyl halides is 3. The standard InChI is InChI=1S/C20H19F3N4O3/c1-12-7-25-16-14(5-6-27(16)9-12)17(28)26-19(11-30-10-18(19,2)29)13-3-4-15(24-8-13)20(21,22)23/h3-9,29H,10-11H2,1-2H3,(H,26,28). The Kier molecular flexibility index (Phi) is 4.59. The summed E-state index contributed by atoms with van der Waals surface area (Å²) in [5.41, 5.74) is -2.34. The number of aryl methyl sites for hydroxylation is 1. The second kappa shape index (κ2) is 6.78. The minimum absolute atomic E-state index is 0.109. The number of aliphatic hydroxyl groups is 1. The van der Waals surface area contributed by atoms with Gasteiger partial charge in [-0.1, -0.05) is 6.07 Å². The molecule has 3 aromatic heterocycles. The lowest BCUT2D eigenvalue weighted by Gasteiger charge is -2.39. The van der Waals surface area contributed by atoms with Gasteiger partial charge in [0.2, 0.25) is 0 Å². The van der Waals surface area contributed by atoms with Crippen molar-refractivity contribution in [2.24, 2.45) is 0 Å². The molecule has 1 saturated heterocycles. The van der Waals surface area contributed by atoms with Gasteiger partial charge in [-0.2, -0.15) is 13.2 Å². The van der Waals surface area contributed by atoms with Crippen LogP contribution in [0.2, 0.25) is 0 Å². The zero-order valence-electron chi connectivity index (χ0n) is 16.2. The highest BCUT2D eigenvalue weighted by atomic mass is 19.4. The number of hydrogen-bond donors (Lipinski definition) is 2. The largest absolute Gasteiger partial charge is 0.433 e. The Bertz CT molecular complexity index is 1110. The first-order valence-electron chi connectivity index (χ1n) is 9.13. The summed E-state index contributed by atoms with van der Waals surface area (Å²) >= 11 is 0. The molecule has 0 aliphatic carbocycles. The number of pyridine rings is 1. The van der Waals surface area contributed by atoms with Crippen LogP contribution >= 0.6 is 0 Å². The van der Waals surface area contributed by atoms with Gasteiger partial charge in [-0.05, 0) is 31.5 Å². The molecular weight excluding hydrogens is 401 g/mol. The van der Waals surface area contributed by atoms with Crippen molar-refractivity contribution in [1.82, 2.24) is 19.7 Å². The van der Waals surface area contributed by atoms with Gasteiger partial charge in [0.15, 0.2) is 0 Å². The molecule has 0 saturated carbocycles. The molecule has 2 atom stereocenters. The van der Waals surface area contributed by atoms with Crippen LogP contribution in [-0.2, 0) is 16.5 Å². The highest BCUT2D eigenvalue weighted by Gasteiger charge is 2.55. The molecule has 0 aromatic carbocycles. The second-order valence-electron chi connectivity index (χ2n) is 7.65. The highest BCUT2D eigenvalue weighted by Crippen LogP contribution is 2.39. The van der Waals surface area contributed by atoms with Gasteiger partial charge < -0.3 is 19.6 Å². The summed E-state index contributed by atoms with van der Waals surface area (Å²) in [5.74, 6) is -0.542. The quantitative estimate of drug-likeness (QED) is 0.680. The minimum Gasteiger partial charge on any atom is -0.385 e. The monoisotopic (exact) mass is 420 g/mol. The average Bonchev–Trinajstić information content (AvgIpc) is 3.22. The molecule has 158 valence electrons. The molecule has 0 bridgehead atoms. The van der Waals surface area contributed by atoms with Crippen LogP contribution in [0.25, 0.3) is 5.65 Å². The number of nitrogens with one attached hydrogen (secondary N) is 1. The average molecular weight is 420 g/mol. The molecule has 2 N–H and O–H groups in total. The van der Waals surface area contributed by atoms with Crippen LogP contribution in [0.15, 0.2) is 43.0 Å². The van der Waals surface area contributed by atoms with E-state index in [0.29, 0.717) is 5.65 Å². The third-order valence-electron chi connectivity index (χ3n) is 5.36. The number of halogens is 3. The Labute approximate surface area is 169 Å². The number of fused-ring (bicyclic) bond motifs is 1. The number of carbonyl (C=O) groups is 1. The van der Waals surface area contributed by atoms with Crippen molar-refractivity contribution in [3.8, 4) is 0 Å². The molecule has 2 unspecified atom stereocenters. The fourth-order valence-corrected chi connectivity index (χ4v) is 3.67. The van der Waals surface area contributed by atoms with E-state index in [0.717, 1.165) is 17.8 Å². The van der Waals surface area contributed by atoms with Gasteiger partial charge in [0.05, 0.1) is 18.8 Å². The van der Waals surface area contributed by atoms with Gasteiger partial charge in [-0.15, -0.1) is 0 Å². The lowest BCUT2D eigenvalue weighted by atomic mass is 9.78. The Morgan fingerprint density at radius 1 is 1.23 bits per heavy atom. The van der Waals surface area contributed by atoms with Gasteiger partial charge >= 0.3 is 6.18 Å². The molecule has 4 heterocycles. The van der Waals surface area contributed by atoms with Crippen molar-refractivity contribution in [3.63, 3.8) is 0 Å². The maximum Gasteiger partial charge on any atom is 0.433 e. The van der Waals surface area contributed by atoms with Crippen molar-refractivity contribution >= 4 is 11.6 Å². The summed E-state index contributed by atoms with van der Waals surface area (Å²) in [7, 11) is 0. The van der Waals surface area contributed by atoms with Gasteiger partial charge in [0.1, 0.15) is 22.5 Å². The van der Waals surface area contributed by atoms with Crippen LogP contribution in [0.1, 0.15) is 34.1 Å². The van der Waals surface area contributed by atoms with Gasteiger partial charge in [-0.3, -0.25) is 9.78 Å². The zero-order valence-corrected chi connectivity index (χ0v) is 16.2. The molecule has 1 aliphatic rings. The van der Waals surface area contributed by atoms with Crippen LogP contribution in [-0.4, -0.2) is 44.2 Å². The molecule has 0 radical (unpaired) electrons. The summed E-state index contributed by atoms with van der Waals surface area (Å²) < 4.78 is 45.8. The molecule has 4 rings (SSSR count). The van der Waals surface area contributed by atoms with E-state index in [1.54, 1.807) is 22.9 Å². The number of rotatable bonds is 3. The predicted octanol–water partition coefficient (Wildman–Crippen LogP) is 2.46. The maximum atomic E-state index is 13.1. The van der Waals surface area contributed by atoms with E-state index in [4.69, 9.17) is 4.74 Å². The first-order chi connectivity index (χ1) is 14.0. The number of aromatic nitrogens is 3. The van der Waals surface area contributed by atoms with E-state index in [9.17, 15) is 23.1 Å². The summed E-state index contributed by atoms with van der Waals surface area (Å²) in [6.45, 7) is 3.09. The number of amides is 1. The first-order valence-corrected chi connectivity index (χ1v) is 9.13. The van der Waals surface area contributed by atoms with Crippen molar-refractivity contribution in [3.05, 3.63) is 65.4 Å². The normalized spacial score (nSPS) is 24.3. The van der Waals surface area contributed by atoms with Gasteiger partial charge in [-0.25, -0.2) is 4.98 Å². The minimum atomic E-state index is -4.60. The van der Waals surface area contributed by atoms with Crippen LogP contribution < -0.4 is 5.32 Å². The molecule has 1 aliphatic heterocycles. The van der Waals surface area contributed by atoms with Crippen LogP contribution in [0.4, 0.5) is 13.2 Å². The first kappa shape index (κ1) is 20.3. The summed E-state index contributed by atoms with van der Waals surface area (Å²) in [6.07, 6.45) is 1.52. The van der Waals surface area contributed by atoms with Crippen molar-refractivity contribution in [2.75, 3.05) is 13.2 Å². The summed E-state index contributed by atoms with van der Waals surface area (Å²) in [5, 5.41) is 13.8. The van der Waals surface area contributed by atoms with E-state index < -0.39 is 28.9 Å². The molecule has 3 aromatic rings. The Balaban J connectivity index is 1.74. The summed E-state index contributed by atoms with van der Waals surface area (Å²) in [6, 6.07) is 3.59. The lowest BCUT2D eigenvalue weighted by Crippen LogP contribution is -2.60. The van der Waals surface area contributed by atoms with Crippen LogP contribution in [0.5, 0.6) is 0 Å². The highest BCUT2D eigenvalue weighted by molar-refractivity contribution is 6.00. The predicted molar refractivity (Wildman–Crippen MR) is 99.8 cm³/mol. The second-order valence-corrected chi connectivity index (χ2v) is 7.65.